The molecule has 0 aliphatic carbocycles. The zero-order valence-electron chi connectivity index (χ0n) is 62.5. The third-order valence-electron chi connectivity index (χ3n) is 22.2. The highest BCUT2D eigenvalue weighted by molar-refractivity contribution is 5.88. The van der Waals surface area contributed by atoms with Gasteiger partial charge in [0.1, 0.15) is 52.7 Å². The van der Waals surface area contributed by atoms with Crippen LogP contribution in [0.4, 0.5) is 87.3 Å². The molecule has 9 heterocycles. The highest BCUT2D eigenvalue weighted by Gasteiger charge is 2.48. The predicted molar refractivity (Wildman–Crippen MR) is 399 cm³/mol. The lowest BCUT2D eigenvalue weighted by Gasteiger charge is -2.48. The summed E-state index contributed by atoms with van der Waals surface area (Å²) in [6, 6.07) is 20.0. The van der Waals surface area contributed by atoms with Crippen LogP contribution in [0, 0.1) is 46.5 Å². The van der Waals surface area contributed by atoms with Crippen LogP contribution in [0.25, 0.3) is 32.7 Å². The van der Waals surface area contributed by atoms with Crippen molar-refractivity contribution in [2.24, 2.45) is 0 Å². The van der Waals surface area contributed by atoms with E-state index in [9.17, 15) is 43.9 Å². The van der Waals surface area contributed by atoms with Gasteiger partial charge in [-0.05, 0) is 157 Å². The Morgan fingerprint density at radius 2 is 0.800 bits per heavy atom. The number of anilines is 3. The first kappa shape index (κ1) is 80.0. The maximum absolute atomic E-state index is 15.8. The number of fused-ring (bicyclic) bond motifs is 9. The van der Waals surface area contributed by atoms with Crippen molar-refractivity contribution < 1.29 is 70.2 Å². The lowest BCUT2D eigenvalue weighted by atomic mass is 9.81. The minimum Gasteiger partial charge on any atom is -0.380 e. The first-order chi connectivity index (χ1) is 52.3. The molecule has 3 aromatic heterocycles. The molecule has 0 saturated carbocycles. The molecule has 0 spiro atoms. The number of rotatable bonds is 24. The molecule has 6 N–H and O–H groups in total. The van der Waals surface area contributed by atoms with E-state index in [4.69, 9.17) is 0 Å². The van der Waals surface area contributed by atoms with E-state index in [1.54, 1.807) is 26.0 Å². The van der Waals surface area contributed by atoms with Crippen molar-refractivity contribution in [3.05, 3.63) is 194 Å². The molecule has 6 atom stereocenters. The molecular formula is C82H94F16N12. The Balaban J connectivity index is 0.000000145. The van der Waals surface area contributed by atoms with Crippen LogP contribution in [0.15, 0.2) is 97.1 Å². The van der Waals surface area contributed by atoms with Crippen LogP contribution in [-0.4, -0.2) is 197 Å². The SMILES string of the molecule is CC(F)CN1[C@@H](c2c(F)cc(NC3CN(CCCF)C3)cc2F)c2[nH]c3ccccc3c2CC1(C)C.C[C@@H]1Cc2c([nH]c3cccc(F)c23)[C@@H](c2c(F)cc(NC3CN(CCCF)C3)cc2F)N1CC(C)(F)F.C[C@H]1Cc2c([nH]c3cccc(F)c23)[C@H](c2c(F)cc(NC3CN(CCCF)C3)cc2F)N1CC(C)(F)F. The second kappa shape index (κ2) is 32.6. The van der Waals surface area contributed by atoms with E-state index >= 15 is 26.3 Å². The number of benzene rings is 6. The monoisotopic (exact) mass is 1550 g/mol. The highest BCUT2D eigenvalue weighted by atomic mass is 19.3. The molecule has 594 valence electrons. The molecule has 3 fully saturated rings. The molecule has 110 heavy (non-hydrogen) atoms. The fourth-order valence-corrected chi connectivity index (χ4v) is 17.4. The topological polar surface area (TPSA) is 103 Å². The van der Waals surface area contributed by atoms with Crippen LogP contribution in [-0.2, 0) is 19.3 Å². The molecule has 6 aliphatic heterocycles. The average molecular weight is 1550 g/mol. The van der Waals surface area contributed by atoms with Crippen molar-refractivity contribution in [3.63, 3.8) is 0 Å². The second-order valence-corrected chi connectivity index (χ2v) is 31.6. The van der Waals surface area contributed by atoms with E-state index < -0.39 is 127 Å². The number of aromatic amines is 3. The number of alkyl halides is 8. The summed E-state index contributed by atoms with van der Waals surface area (Å²) < 4.78 is 232. The molecular weight excluding hydrogens is 1460 g/mol. The Bertz CT molecular complexity index is 4450. The third kappa shape index (κ3) is 17.0. The second-order valence-electron chi connectivity index (χ2n) is 31.6. The minimum absolute atomic E-state index is 0.0301. The summed E-state index contributed by atoms with van der Waals surface area (Å²) in [6.07, 6.45) is 1.36. The number of hydrogen-bond acceptors (Lipinski definition) is 9. The van der Waals surface area contributed by atoms with Gasteiger partial charge in [-0.1, -0.05) is 30.3 Å². The maximum Gasteiger partial charge on any atom is 0.257 e. The average Bonchev–Trinajstić information content (AvgIpc) is 1.53. The van der Waals surface area contributed by atoms with Gasteiger partial charge in [-0.25, -0.2) is 57.1 Å². The van der Waals surface area contributed by atoms with Gasteiger partial charge in [-0.3, -0.25) is 42.6 Å². The van der Waals surface area contributed by atoms with Gasteiger partial charge in [0.2, 0.25) is 0 Å². The van der Waals surface area contributed by atoms with Crippen molar-refractivity contribution in [2.75, 3.05) is 115 Å². The molecule has 0 bridgehead atoms. The molecule has 0 radical (unpaired) electrons. The lowest BCUT2D eigenvalue weighted by Crippen LogP contribution is -2.54. The zero-order valence-corrected chi connectivity index (χ0v) is 62.5. The molecule has 0 amide bonds. The summed E-state index contributed by atoms with van der Waals surface area (Å²) in [5.74, 6) is -12.0. The van der Waals surface area contributed by atoms with E-state index in [0.29, 0.717) is 135 Å². The summed E-state index contributed by atoms with van der Waals surface area (Å²) in [4.78, 5) is 20.4. The molecule has 3 saturated heterocycles. The lowest BCUT2D eigenvalue weighted by molar-refractivity contribution is -0.0378. The Labute approximate surface area is 629 Å². The maximum atomic E-state index is 15.8. The van der Waals surface area contributed by atoms with Crippen LogP contribution in [0.3, 0.4) is 0 Å². The highest BCUT2D eigenvalue weighted by Crippen LogP contribution is 2.50. The molecule has 6 aliphatic rings. The van der Waals surface area contributed by atoms with Crippen molar-refractivity contribution in [1.82, 2.24) is 44.4 Å². The molecule has 9 aromatic rings. The largest absolute Gasteiger partial charge is 0.380 e. The quantitative estimate of drug-likeness (QED) is 0.0330. The van der Waals surface area contributed by atoms with Crippen LogP contribution in [0.2, 0.25) is 0 Å². The number of nitrogens with zero attached hydrogens (tertiary/aromatic N) is 6. The Morgan fingerprint density at radius 3 is 1.15 bits per heavy atom. The fourth-order valence-electron chi connectivity index (χ4n) is 17.4. The van der Waals surface area contributed by atoms with Gasteiger partial charge in [0.15, 0.2) is 0 Å². The number of H-pyrrole nitrogens is 3. The molecule has 15 rings (SSSR count). The molecule has 1 unspecified atom stereocenters. The third-order valence-corrected chi connectivity index (χ3v) is 22.2. The number of halogens is 16. The Hall–Kier alpha value is -8.02. The van der Waals surface area contributed by atoms with E-state index in [-0.39, 0.29) is 72.3 Å². The van der Waals surface area contributed by atoms with Gasteiger partial charge < -0.3 is 30.9 Å². The number of likely N-dealkylation sites (tertiary alicyclic amines) is 3. The normalized spacial score (nSPS) is 21.3. The van der Waals surface area contributed by atoms with Crippen molar-refractivity contribution in [3.8, 4) is 0 Å². The van der Waals surface area contributed by atoms with Gasteiger partial charge >= 0.3 is 0 Å². The van der Waals surface area contributed by atoms with E-state index in [2.05, 4.69) is 35.8 Å². The Kier molecular flexibility index (Phi) is 23.7. The zero-order chi connectivity index (χ0) is 78.6. The number of nitrogens with one attached hydrogen (secondary N) is 6. The predicted octanol–water partition coefficient (Wildman–Crippen LogP) is 18.1. The number of para-hydroxylation sites is 1. The van der Waals surface area contributed by atoms with Gasteiger partial charge in [0, 0.05) is 180 Å². The molecule has 12 nitrogen and oxygen atoms in total. The van der Waals surface area contributed by atoms with Crippen LogP contribution in [0.5, 0.6) is 0 Å². The number of hydrogen-bond donors (Lipinski definition) is 6. The summed E-state index contributed by atoms with van der Waals surface area (Å²) in [5.41, 5.74) is 4.85. The van der Waals surface area contributed by atoms with Gasteiger partial charge in [0.05, 0.1) is 69.4 Å². The smallest absolute Gasteiger partial charge is 0.257 e. The van der Waals surface area contributed by atoms with Crippen molar-refractivity contribution in [1.29, 1.82) is 0 Å². The van der Waals surface area contributed by atoms with Gasteiger partial charge in [0.25, 0.3) is 11.8 Å². The first-order valence-electron chi connectivity index (χ1n) is 37.8. The summed E-state index contributed by atoms with van der Waals surface area (Å²) in [5, 5.41) is 11.1. The minimum atomic E-state index is -3.12. The van der Waals surface area contributed by atoms with E-state index in [1.165, 1.54) is 77.4 Å². The molecule has 6 aromatic carbocycles. The fraction of sp³-hybridized carbons (Fsp3) is 0.488. The van der Waals surface area contributed by atoms with E-state index in [1.807, 2.05) is 52.8 Å². The molecule has 28 heteroatoms. The van der Waals surface area contributed by atoms with E-state index in [0.717, 1.165) is 36.0 Å². The summed E-state index contributed by atoms with van der Waals surface area (Å²) in [7, 11) is 0. The van der Waals surface area contributed by atoms with Crippen molar-refractivity contribution >= 4 is 49.8 Å². The van der Waals surface area contributed by atoms with Gasteiger partial charge in [-0.2, -0.15) is 0 Å². The van der Waals surface area contributed by atoms with Gasteiger partial charge in [-0.15, -0.1) is 0 Å². The van der Waals surface area contributed by atoms with Crippen molar-refractivity contribution in [2.45, 2.75) is 159 Å². The standard InChI is InChI=1S/C28H34F4N4.2C27H30F6N4/c1-17(30)14-36-27(26-21(13-28(36,2)3)20-7-4-5-8-24(20)34-26)25-22(31)11-18(12-23(25)32)33-19-15-35(16-19)10-6-9-29;2*1-15-9-18-23-19(29)5-3-6-22(23)35-25(18)26(37(15)14-27(2,32)33)24-20(30)10-16(11-21(24)31)34-17-12-36(13-17)8-4-7-28/h4-5,7-8,11-12,17,19,27,33-34H,6,9-10,13-16H2,1-3H3;2*3,5-6,10-11,15,17,26,34-35H,4,7-9,12-14H2,1-2H3/t17?,27-;2*15-,26-/m010/s1. The summed E-state index contributed by atoms with van der Waals surface area (Å²) >= 11 is 0. The van der Waals surface area contributed by atoms with Crippen LogP contribution in [0.1, 0.15) is 136 Å². The Morgan fingerprint density at radius 1 is 0.464 bits per heavy atom. The summed E-state index contributed by atoms with van der Waals surface area (Å²) in [6.45, 7) is 13.8. The number of aromatic nitrogens is 3. The van der Waals surface area contributed by atoms with Crippen LogP contribution < -0.4 is 16.0 Å². The van der Waals surface area contributed by atoms with Crippen LogP contribution >= 0.6 is 0 Å². The first-order valence-corrected chi connectivity index (χ1v) is 37.8.